The molecule has 1 atom stereocenters. The highest BCUT2D eigenvalue weighted by Crippen LogP contribution is 2.34. The predicted molar refractivity (Wildman–Crippen MR) is 110 cm³/mol. The summed E-state index contributed by atoms with van der Waals surface area (Å²) in [6, 6.07) is 12.8. The lowest BCUT2D eigenvalue weighted by Crippen LogP contribution is -2.39. The molecule has 1 aliphatic rings. The van der Waals surface area contributed by atoms with Crippen LogP contribution in [0, 0.1) is 0 Å². The Labute approximate surface area is 169 Å². The summed E-state index contributed by atoms with van der Waals surface area (Å²) in [7, 11) is 4.94. The topological polar surface area (TPSA) is 59.1 Å². The van der Waals surface area contributed by atoms with Gasteiger partial charge in [-0.05, 0) is 43.1 Å². The molecule has 7 heteroatoms. The standard InChI is InChI=1S/C21H24N2O4S/c1-22(13-14-5-8-16(28-4)9-6-14)17-12-20(24)23(21(17)25)15-7-10-18(26-2)19(11-15)27-3/h5-11,17H,12-13H2,1-4H3. The fraction of sp³-hybridized carbons (Fsp3) is 0.333. The van der Waals surface area contributed by atoms with E-state index in [4.69, 9.17) is 9.47 Å². The van der Waals surface area contributed by atoms with E-state index < -0.39 is 6.04 Å². The van der Waals surface area contributed by atoms with E-state index in [0.29, 0.717) is 23.7 Å². The largest absolute Gasteiger partial charge is 0.493 e. The van der Waals surface area contributed by atoms with Crippen molar-refractivity contribution < 1.29 is 19.1 Å². The first kappa shape index (κ1) is 20.2. The molecule has 0 aliphatic carbocycles. The van der Waals surface area contributed by atoms with Crippen LogP contribution in [0.15, 0.2) is 47.4 Å². The molecule has 0 aromatic heterocycles. The van der Waals surface area contributed by atoms with Gasteiger partial charge in [-0.3, -0.25) is 14.5 Å². The Morgan fingerprint density at radius 3 is 2.36 bits per heavy atom. The van der Waals surface area contributed by atoms with Gasteiger partial charge in [-0.1, -0.05) is 12.1 Å². The van der Waals surface area contributed by atoms with Crippen molar-refractivity contribution in [2.45, 2.75) is 23.9 Å². The van der Waals surface area contributed by atoms with E-state index in [1.54, 1.807) is 37.1 Å². The molecule has 28 heavy (non-hydrogen) atoms. The summed E-state index contributed by atoms with van der Waals surface area (Å²) in [5.41, 5.74) is 1.60. The molecular weight excluding hydrogens is 376 g/mol. The van der Waals surface area contributed by atoms with Gasteiger partial charge in [-0.15, -0.1) is 11.8 Å². The van der Waals surface area contributed by atoms with Crippen LogP contribution in [0.25, 0.3) is 0 Å². The van der Waals surface area contributed by atoms with Crippen LogP contribution in [0.5, 0.6) is 11.5 Å². The molecule has 1 fully saturated rings. The number of hydrogen-bond donors (Lipinski definition) is 0. The molecule has 0 bridgehead atoms. The van der Waals surface area contributed by atoms with E-state index in [9.17, 15) is 9.59 Å². The second-order valence-corrected chi connectivity index (χ2v) is 7.47. The second-order valence-electron chi connectivity index (χ2n) is 6.59. The average molecular weight is 401 g/mol. The van der Waals surface area contributed by atoms with Crippen LogP contribution in [0.2, 0.25) is 0 Å². The first-order valence-corrected chi connectivity index (χ1v) is 10.1. The van der Waals surface area contributed by atoms with Gasteiger partial charge in [0.1, 0.15) is 0 Å². The van der Waals surface area contributed by atoms with Crippen molar-refractivity contribution in [3.05, 3.63) is 48.0 Å². The van der Waals surface area contributed by atoms with Crippen molar-refractivity contribution in [1.82, 2.24) is 4.90 Å². The lowest BCUT2D eigenvalue weighted by Gasteiger charge is -2.23. The fourth-order valence-electron chi connectivity index (χ4n) is 3.32. The van der Waals surface area contributed by atoms with Crippen LogP contribution in [0.4, 0.5) is 5.69 Å². The second kappa shape index (κ2) is 8.67. The number of methoxy groups -OCH3 is 2. The molecule has 148 valence electrons. The minimum atomic E-state index is -0.485. The smallest absolute Gasteiger partial charge is 0.251 e. The van der Waals surface area contributed by atoms with Crippen molar-refractivity contribution in [2.24, 2.45) is 0 Å². The van der Waals surface area contributed by atoms with Crippen LogP contribution in [0.3, 0.4) is 0 Å². The van der Waals surface area contributed by atoms with E-state index >= 15 is 0 Å². The maximum absolute atomic E-state index is 13.0. The number of anilines is 1. The Hall–Kier alpha value is -2.51. The number of ether oxygens (including phenoxy) is 2. The van der Waals surface area contributed by atoms with E-state index in [0.717, 1.165) is 5.56 Å². The number of amides is 2. The number of hydrogen-bond acceptors (Lipinski definition) is 6. The van der Waals surface area contributed by atoms with E-state index in [2.05, 4.69) is 24.3 Å². The molecule has 0 spiro atoms. The summed E-state index contributed by atoms with van der Waals surface area (Å²) < 4.78 is 10.5. The summed E-state index contributed by atoms with van der Waals surface area (Å²) in [4.78, 5) is 29.9. The zero-order chi connectivity index (χ0) is 20.3. The Kier molecular flexibility index (Phi) is 6.26. The molecule has 0 saturated carbocycles. The highest BCUT2D eigenvalue weighted by molar-refractivity contribution is 7.98. The number of imide groups is 1. The highest BCUT2D eigenvalue weighted by atomic mass is 32.2. The number of nitrogens with zero attached hydrogens (tertiary/aromatic N) is 2. The predicted octanol–water partition coefficient (Wildman–Crippen LogP) is 3.19. The Balaban J connectivity index is 1.77. The first-order valence-electron chi connectivity index (χ1n) is 8.90. The SMILES string of the molecule is COc1ccc(N2C(=O)CC(N(C)Cc3ccc(SC)cc3)C2=O)cc1OC. The zero-order valence-electron chi connectivity index (χ0n) is 16.5. The number of carbonyl (C=O) groups excluding carboxylic acids is 2. The quantitative estimate of drug-likeness (QED) is 0.526. The third kappa shape index (κ3) is 4.00. The van der Waals surface area contributed by atoms with Gasteiger partial charge >= 0.3 is 0 Å². The molecule has 2 aromatic rings. The van der Waals surface area contributed by atoms with Gasteiger partial charge in [-0.2, -0.15) is 0 Å². The number of thioether (sulfide) groups is 1. The normalized spacial score (nSPS) is 16.8. The van der Waals surface area contributed by atoms with E-state index in [-0.39, 0.29) is 18.2 Å². The van der Waals surface area contributed by atoms with E-state index in [1.807, 2.05) is 18.2 Å². The summed E-state index contributed by atoms with van der Waals surface area (Å²) in [5.74, 6) is 0.589. The molecular formula is C21H24N2O4S. The highest BCUT2D eigenvalue weighted by Gasteiger charge is 2.41. The monoisotopic (exact) mass is 400 g/mol. The van der Waals surface area contributed by atoms with Crippen molar-refractivity contribution in [2.75, 3.05) is 32.4 Å². The summed E-state index contributed by atoms with van der Waals surface area (Å²) in [5, 5.41) is 0. The van der Waals surface area contributed by atoms with Gasteiger partial charge in [0.15, 0.2) is 11.5 Å². The third-order valence-electron chi connectivity index (χ3n) is 4.87. The van der Waals surface area contributed by atoms with Crippen molar-refractivity contribution in [3.63, 3.8) is 0 Å². The molecule has 2 aromatic carbocycles. The van der Waals surface area contributed by atoms with Gasteiger partial charge in [0.25, 0.3) is 5.91 Å². The molecule has 0 N–H and O–H groups in total. The molecule has 1 heterocycles. The molecule has 0 radical (unpaired) electrons. The third-order valence-corrected chi connectivity index (χ3v) is 5.61. The van der Waals surface area contributed by atoms with Crippen LogP contribution in [-0.4, -0.2) is 50.3 Å². The lowest BCUT2D eigenvalue weighted by atomic mass is 10.1. The number of rotatable bonds is 7. The Morgan fingerprint density at radius 2 is 1.75 bits per heavy atom. The maximum atomic E-state index is 13.0. The minimum Gasteiger partial charge on any atom is -0.493 e. The van der Waals surface area contributed by atoms with Crippen LogP contribution in [-0.2, 0) is 16.1 Å². The van der Waals surface area contributed by atoms with E-state index in [1.165, 1.54) is 16.9 Å². The number of carbonyl (C=O) groups is 2. The molecule has 1 saturated heterocycles. The van der Waals surface area contributed by atoms with Crippen LogP contribution < -0.4 is 14.4 Å². The maximum Gasteiger partial charge on any atom is 0.251 e. The summed E-state index contributed by atoms with van der Waals surface area (Å²) >= 11 is 1.69. The number of likely N-dealkylation sites (N-methyl/N-ethyl adjacent to an activating group) is 1. The van der Waals surface area contributed by atoms with Gasteiger partial charge in [0.2, 0.25) is 5.91 Å². The molecule has 2 amide bonds. The van der Waals surface area contributed by atoms with Gasteiger partial charge in [0.05, 0.1) is 32.4 Å². The average Bonchev–Trinajstić information content (AvgIpc) is 3.02. The molecule has 6 nitrogen and oxygen atoms in total. The Bertz CT molecular complexity index is 869. The first-order chi connectivity index (χ1) is 13.5. The van der Waals surface area contributed by atoms with Crippen LogP contribution >= 0.6 is 11.8 Å². The molecule has 1 aliphatic heterocycles. The fourth-order valence-corrected chi connectivity index (χ4v) is 3.73. The molecule has 1 unspecified atom stereocenters. The Morgan fingerprint density at radius 1 is 1.07 bits per heavy atom. The molecule has 3 rings (SSSR count). The summed E-state index contributed by atoms with van der Waals surface area (Å²) in [6.45, 7) is 0.595. The van der Waals surface area contributed by atoms with Gasteiger partial charge in [-0.25, -0.2) is 4.90 Å². The zero-order valence-corrected chi connectivity index (χ0v) is 17.3. The lowest BCUT2D eigenvalue weighted by molar-refractivity contribution is -0.122. The summed E-state index contributed by atoms with van der Waals surface area (Å²) in [6.07, 6.45) is 2.19. The minimum absolute atomic E-state index is 0.159. The number of benzene rings is 2. The van der Waals surface area contributed by atoms with Crippen molar-refractivity contribution in [3.8, 4) is 11.5 Å². The van der Waals surface area contributed by atoms with Gasteiger partial charge in [0, 0.05) is 17.5 Å². The van der Waals surface area contributed by atoms with Crippen LogP contribution in [0.1, 0.15) is 12.0 Å². The van der Waals surface area contributed by atoms with Crippen molar-refractivity contribution in [1.29, 1.82) is 0 Å². The van der Waals surface area contributed by atoms with Crippen molar-refractivity contribution >= 4 is 29.3 Å². The van der Waals surface area contributed by atoms with Gasteiger partial charge < -0.3 is 9.47 Å².